The third kappa shape index (κ3) is 4.72. The second kappa shape index (κ2) is 12.4. The standard InChI is InChI=1S/C48H30N12/c1-4-16-31(17-5-1)55-40-25-13-10-22-34(40)49-46(55)37-28-43-58(52-37)44-29-38(47-50-35-23-11-14-26-41(35)56(47)32-18-6-2-7-19-32)54-60(44)45-30-39(53-59(43)45)48-51-36-24-12-15-27-42(36)57(48)33-20-8-3-9-21-33/h1-30H. The van der Waals surface area contributed by atoms with E-state index in [0.717, 1.165) is 67.1 Å². The number of imidazole rings is 3. The molecule has 12 nitrogen and oxygen atoms in total. The van der Waals surface area contributed by atoms with Crippen LogP contribution in [0.4, 0.5) is 0 Å². The van der Waals surface area contributed by atoms with Gasteiger partial charge in [-0.25, -0.2) is 15.0 Å². The van der Waals surface area contributed by atoms with Crippen LogP contribution >= 0.6 is 0 Å². The normalized spacial score (nSPS) is 12.0. The molecular weight excluding hydrogens is 745 g/mol. The van der Waals surface area contributed by atoms with E-state index < -0.39 is 0 Å². The third-order valence-corrected chi connectivity index (χ3v) is 11.1. The number of para-hydroxylation sites is 9. The van der Waals surface area contributed by atoms with Gasteiger partial charge in [0, 0.05) is 35.3 Å². The minimum atomic E-state index is 0.678. The van der Waals surface area contributed by atoms with Crippen LogP contribution < -0.4 is 0 Å². The molecule has 0 aliphatic carbocycles. The van der Waals surface area contributed by atoms with Crippen molar-refractivity contribution in [1.29, 1.82) is 0 Å². The molecule has 13 aromatic rings. The van der Waals surface area contributed by atoms with Crippen LogP contribution in [0, 0.1) is 0 Å². The number of hydrogen-bond donors (Lipinski definition) is 0. The van der Waals surface area contributed by atoms with E-state index in [0.29, 0.717) is 34.6 Å². The summed E-state index contributed by atoms with van der Waals surface area (Å²) in [5.41, 5.74) is 12.8. The van der Waals surface area contributed by atoms with Crippen molar-refractivity contribution in [1.82, 2.24) is 57.5 Å². The summed E-state index contributed by atoms with van der Waals surface area (Å²) in [6, 6.07) is 61.5. The number of hydrogen-bond acceptors (Lipinski definition) is 6. The zero-order chi connectivity index (χ0) is 39.3. The summed E-state index contributed by atoms with van der Waals surface area (Å²) in [6.07, 6.45) is 0. The van der Waals surface area contributed by atoms with E-state index in [1.165, 1.54) is 0 Å². The lowest BCUT2D eigenvalue weighted by Crippen LogP contribution is -2.05. The van der Waals surface area contributed by atoms with E-state index in [1.807, 2.05) is 123 Å². The molecule has 7 heterocycles. The largest absolute Gasteiger partial charge is 0.291 e. The molecule has 0 fully saturated rings. The van der Waals surface area contributed by atoms with Crippen molar-refractivity contribution in [2.75, 3.05) is 0 Å². The van der Waals surface area contributed by atoms with Gasteiger partial charge in [-0.3, -0.25) is 13.7 Å². The van der Waals surface area contributed by atoms with Gasteiger partial charge in [0.1, 0.15) is 17.1 Å². The zero-order valence-electron chi connectivity index (χ0n) is 31.7. The summed E-state index contributed by atoms with van der Waals surface area (Å²) in [5, 5.41) is 16.0. The first kappa shape index (κ1) is 32.4. The molecule has 60 heavy (non-hydrogen) atoms. The van der Waals surface area contributed by atoms with Crippen molar-refractivity contribution in [2.45, 2.75) is 0 Å². The maximum Gasteiger partial charge on any atom is 0.166 e. The summed E-state index contributed by atoms with van der Waals surface area (Å²) in [6.45, 7) is 0. The molecule has 0 bridgehead atoms. The first-order chi connectivity index (χ1) is 29.7. The van der Waals surface area contributed by atoms with Crippen molar-refractivity contribution >= 4 is 50.0 Å². The highest BCUT2D eigenvalue weighted by atomic mass is 15.5. The minimum absolute atomic E-state index is 0.678. The molecule has 0 atom stereocenters. The smallest absolute Gasteiger partial charge is 0.166 e. The first-order valence-corrected chi connectivity index (χ1v) is 19.7. The number of aromatic nitrogens is 12. The summed E-state index contributed by atoms with van der Waals surface area (Å²) in [4.78, 5) is 15.5. The Labute approximate surface area is 340 Å². The van der Waals surface area contributed by atoms with E-state index in [4.69, 9.17) is 30.2 Å². The highest BCUT2D eigenvalue weighted by molar-refractivity contribution is 5.86. The van der Waals surface area contributed by atoms with Crippen molar-refractivity contribution in [3.63, 3.8) is 0 Å². The molecule has 282 valence electrons. The monoisotopic (exact) mass is 774 g/mol. The second-order valence-corrected chi connectivity index (χ2v) is 14.7. The van der Waals surface area contributed by atoms with E-state index in [9.17, 15) is 0 Å². The van der Waals surface area contributed by atoms with Crippen LogP contribution in [-0.4, -0.2) is 57.5 Å². The Morgan fingerprint density at radius 1 is 0.283 bits per heavy atom. The molecule has 0 N–H and O–H groups in total. The predicted molar refractivity (Wildman–Crippen MR) is 233 cm³/mol. The Bertz CT molecular complexity index is 3280. The molecule has 0 spiro atoms. The summed E-state index contributed by atoms with van der Waals surface area (Å²) >= 11 is 0. The average Bonchev–Trinajstić information content (AvgIpc) is 4.16. The van der Waals surface area contributed by atoms with Crippen LogP contribution in [0.25, 0.3) is 102 Å². The lowest BCUT2D eigenvalue weighted by atomic mass is 10.2. The van der Waals surface area contributed by atoms with Crippen LogP contribution in [0.15, 0.2) is 182 Å². The number of benzene rings is 6. The maximum absolute atomic E-state index is 5.32. The first-order valence-electron chi connectivity index (χ1n) is 19.7. The number of nitrogens with zero attached hydrogens (tertiary/aromatic N) is 12. The van der Waals surface area contributed by atoms with Gasteiger partial charge in [0.25, 0.3) is 0 Å². The van der Waals surface area contributed by atoms with Gasteiger partial charge in [-0.15, -0.1) is 0 Å². The molecule has 7 aromatic heterocycles. The number of rotatable bonds is 6. The average molecular weight is 775 g/mol. The lowest BCUT2D eigenvalue weighted by Gasteiger charge is -2.07. The van der Waals surface area contributed by atoms with Gasteiger partial charge in [-0.05, 0) is 72.8 Å². The maximum atomic E-state index is 5.32. The minimum Gasteiger partial charge on any atom is -0.291 e. The van der Waals surface area contributed by atoms with Crippen LogP contribution in [0.3, 0.4) is 0 Å². The van der Waals surface area contributed by atoms with Gasteiger partial charge in [0.15, 0.2) is 34.4 Å². The van der Waals surface area contributed by atoms with E-state index in [1.54, 1.807) is 0 Å². The van der Waals surface area contributed by atoms with Crippen molar-refractivity contribution in [2.24, 2.45) is 0 Å². The van der Waals surface area contributed by atoms with E-state index in [2.05, 4.69) is 86.5 Å². The van der Waals surface area contributed by atoms with Crippen molar-refractivity contribution in [3.8, 4) is 51.6 Å². The molecule has 12 heteroatoms. The van der Waals surface area contributed by atoms with Gasteiger partial charge >= 0.3 is 0 Å². The van der Waals surface area contributed by atoms with E-state index in [-0.39, 0.29) is 0 Å². The van der Waals surface area contributed by atoms with Gasteiger partial charge in [0.2, 0.25) is 0 Å². The van der Waals surface area contributed by atoms with Gasteiger partial charge in [-0.1, -0.05) is 91.0 Å². The molecule has 0 amide bonds. The van der Waals surface area contributed by atoms with Crippen LogP contribution in [-0.2, 0) is 0 Å². The SMILES string of the molecule is c1ccc(-n2c(-c3cc4n(n3)c3cc(-c5nc6ccccc6n5-c5ccccc5)nn3c3cc(-c5nc6ccccc6n5-c5ccccc5)nn43)nc3ccccc32)cc1. The van der Waals surface area contributed by atoms with Gasteiger partial charge in [0.05, 0.1) is 33.1 Å². The molecule has 0 unspecified atom stereocenters. The molecule has 0 radical (unpaired) electrons. The van der Waals surface area contributed by atoms with Crippen LogP contribution in [0.2, 0.25) is 0 Å². The highest BCUT2D eigenvalue weighted by Gasteiger charge is 2.25. The van der Waals surface area contributed by atoms with E-state index >= 15 is 0 Å². The van der Waals surface area contributed by atoms with Gasteiger partial charge < -0.3 is 0 Å². The third-order valence-electron chi connectivity index (χ3n) is 11.1. The Balaban J connectivity index is 1.12. The quantitative estimate of drug-likeness (QED) is 0.167. The van der Waals surface area contributed by atoms with Crippen molar-refractivity contribution < 1.29 is 0 Å². The molecule has 0 saturated carbocycles. The summed E-state index contributed by atoms with van der Waals surface area (Å²) < 4.78 is 12.2. The predicted octanol–water partition coefficient (Wildman–Crippen LogP) is 9.65. The summed E-state index contributed by atoms with van der Waals surface area (Å²) in [5.74, 6) is 2.13. The van der Waals surface area contributed by atoms with Crippen molar-refractivity contribution in [3.05, 3.63) is 182 Å². The summed E-state index contributed by atoms with van der Waals surface area (Å²) in [7, 11) is 0. The van der Waals surface area contributed by atoms with Crippen LogP contribution in [0.5, 0.6) is 0 Å². The van der Waals surface area contributed by atoms with Gasteiger partial charge in [-0.2, -0.15) is 28.8 Å². The highest BCUT2D eigenvalue weighted by Crippen LogP contribution is 2.34. The fourth-order valence-electron chi connectivity index (χ4n) is 8.51. The fourth-order valence-corrected chi connectivity index (χ4v) is 8.51. The Morgan fingerprint density at radius 3 is 0.850 bits per heavy atom. The Hall–Kier alpha value is -8.64. The molecule has 0 saturated heterocycles. The molecule has 6 aromatic carbocycles. The zero-order valence-corrected chi connectivity index (χ0v) is 31.7. The second-order valence-electron chi connectivity index (χ2n) is 14.7. The molecule has 0 aliphatic rings. The topological polar surface area (TPSA) is 105 Å². The number of fused-ring (bicyclic) bond motifs is 9. The molecule has 13 rings (SSSR count). The molecular formula is C48H30N12. The van der Waals surface area contributed by atoms with Crippen LogP contribution in [0.1, 0.15) is 0 Å². The molecule has 0 aliphatic heterocycles. The lowest BCUT2D eigenvalue weighted by molar-refractivity contribution is 0.827. The Kier molecular flexibility index (Phi) is 6.72. The fraction of sp³-hybridized carbons (Fsp3) is 0. The Morgan fingerprint density at radius 2 is 0.550 bits per heavy atom.